The normalized spacial score (nSPS) is 18.3. The van der Waals surface area contributed by atoms with Crippen LogP contribution >= 0.6 is 0 Å². The molecule has 0 saturated heterocycles. The van der Waals surface area contributed by atoms with Crippen LogP contribution in [0.5, 0.6) is 0 Å². The Hall–Kier alpha value is -3.55. The molecule has 2 aliphatic rings. The Morgan fingerprint density at radius 2 is 1.86 bits per heavy atom. The third-order valence-corrected chi connectivity index (χ3v) is 7.39. The molecule has 1 aliphatic carbocycles. The summed E-state index contributed by atoms with van der Waals surface area (Å²) in [5.74, 6) is -0.246. The first-order valence-corrected chi connectivity index (χ1v) is 12.6. The number of carbonyl (C=O) groups excluding carboxylic acids is 1. The van der Waals surface area contributed by atoms with Gasteiger partial charge in [0.1, 0.15) is 6.54 Å². The summed E-state index contributed by atoms with van der Waals surface area (Å²) < 4.78 is 1.42. The van der Waals surface area contributed by atoms with Gasteiger partial charge in [0.15, 0.2) is 0 Å². The van der Waals surface area contributed by atoms with Crippen LogP contribution in [0.1, 0.15) is 44.1 Å². The van der Waals surface area contributed by atoms with Gasteiger partial charge in [-0.25, -0.2) is 4.79 Å². The fraction of sp³-hybridized carbons (Fsp3) is 0.444. The number of carbonyl (C=O) groups is 2. The van der Waals surface area contributed by atoms with Gasteiger partial charge in [0.05, 0.1) is 17.4 Å². The Morgan fingerprint density at radius 1 is 1.03 bits per heavy atom. The highest BCUT2D eigenvalue weighted by molar-refractivity contribution is 6.00. The number of aromatic nitrogens is 2. The van der Waals surface area contributed by atoms with E-state index in [0.29, 0.717) is 23.7 Å². The molecule has 1 unspecified atom stereocenters. The zero-order chi connectivity index (χ0) is 24.2. The number of rotatable bonds is 7. The smallest absolute Gasteiger partial charge is 0.325 e. The Labute approximate surface area is 205 Å². The number of benzene rings is 2. The quantitative estimate of drug-likeness (QED) is 0.462. The molecule has 1 saturated carbocycles. The van der Waals surface area contributed by atoms with Gasteiger partial charge >= 0.3 is 12.0 Å². The van der Waals surface area contributed by atoms with Gasteiger partial charge in [0, 0.05) is 30.2 Å². The number of nitrogens with zero attached hydrogens (tertiary/aromatic N) is 3. The summed E-state index contributed by atoms with van der Waals surface area (Å²) in [6.07, 6.45) is 10.2. The van der Waals surface area contributed by atoms with Crippen LogP contribution in [0.2, 0.25) is 0 Å². The molecule has 0 radical (unpaired) electrons. The van der Waals surface area contributed by atoms with E-state index >= 15 is 0 Å². The van der Waals surface area contributed by atoms with Crippen LogP contribution in [0, 0.1) is 5.92 Å². The van der Waals surface area contributed by atoms with Gasteiger partial charge in [-0.05, 0) is 55.4 Å². The molecule has 1 aromatic heterocycles. The first-order valence-electron chi connectivity index (χ1n) is 12.6. The molecule has 1 aliphatic heterocycles. The van der Waals surface area contributed by atoms with Crippen molar-refractivity contribution in [2.75, 3.05) is 23.3 Å². The lowest BCUT2D eigenvalue weighted by atomic mass is 9.87. The maximum atomic E-state index is 12.9. The molecule has 2 heterocycles. The average Bonchev–Trinajstić information content (AvgIpc) is 3.27. The largest absolute Gasteiger partial charge is 0.480 e. The summed E-state index contributed by atoms with van der Waals surface area (Å²) in [6, 6.07) is 14.1. The minimum atomic E-state index is -0.960. The predicted molar refractivity (Wildman–Crippen MR) is 137 cm³/mol. The Bertz CT molecular complexity index is 1200. The van der Waals surface area contributed by atoms with E-state index < -0.39 is 5.97 Å². The molecule has 8 heteroatoms. The fourth-order valence-corrected chi connectivity index (χ4v) is 5.63. The molecule has 1 fully saturated rings. The number of para-hydroxylation sites is 1. The number of fused-ring (bicyclic) bond motifs is 2. The third kappa shape index (κ3) is 5.26. The zero-order valence-corrected chi connectivity index (χ0v) is 19.9. The highest BCUT2D eigenvalue weighted by Gasteiger charge is 2.29. The van der Waals surface area contributed by atoms with Crippen LogP contribution < -0.4 is 15.5 Å². The van der Waals surface area contributed by atoms with Gasteiger partial charge in [-0.15, -0.1) is 0 Å². The minimum Gasteiger partial charge on any atom is -0.480 e. The van der Waals surface area contributed by atoms with Gasteiger partial charge in [-0.2, -0.15) is 5.10 Å². The lowest BCUT2D eigenvalue weighted by Crippen LogP contribution is -2.49. The molecular formula is C27H33N5O3. The molecule has 2 aromatic carbocycles. The molecule has 5 rings (SSSR count). The number of amides is 2. The Morgan fingerprint density at radius 3 is 2.69 bits per heavy atom. The monoisotopic (exact) mass is 475 g/mol. The molecular weight excluding hydrogens is 442 g/mol. The van der Waals surface area contributed by atoms with Gasteiger partial charge < -0.3 is 20.6 Å². The first kappa shape index (κ1) is 23.2. The Balaban J connectivity index is 1.26. The number of hydrogen-bond acceptors (Lipinski definition) is 4. The summed E-state index contributed by atoms with van der Waals surface area (Å²) in [5, 5.41) is 20.0. The highest BCUT2D eigenvalue weighted by Crippen LogP contribution is 2.34. The highest BCUT2D eigenvalue weighted by atomic mass is 16.4. The van der Waals surface area contributed by atoms with Crippen molar-refractivity contribution in [3.05, 3.63) is 54.2 Å². The van der Waals surface area contributed by atoms with Crippen LogP contribution in [-0.4, -0.2) is 46.0 Å². The van der Waals surface area contributed by atoms with Crippen molar-refractivity contribution in [1.29, 1.82) is 0 Å². The lowest BCUT2D eigenvalue weighted by Gasteiger charge is -2.41. The summed E-state index contributed by atoms with van der Waals surface area (Å²) in [4.78, 5) is 26.5. The molecule has 0 spiro atoms. The molecule has 8 nitrogen and oxygen atoms in total. The van der Waals surface area contributed by atoms with Crippen LogP contribution in [0.4, 0.5) is 16.2 Å². The summed E-state index contributed by atoms with van der Waals surface area (Å²) in [5.41, 5.74) is 4.00. The van der Waals surface area contributed by atoms with E-state index in [2.05, 4.69) is 44.9 Å². The molecule has 35 heavy (non-hydrogen) atoms. The predicted octanol–water partition coefficient (Wildman–Crippen LogP) is 4.64. The number of anilines is 2. The number of urea groups is 1. The van der Waals surface area contributed by atoms with Crippen molar-refractivity contribution in [2.24, 2.45) is 5.92 Å². The number of aliphatic carboxylic acids is 1. The second-order valence-corrected chi connectivity index (χ2v) is 9.75. The number of nitrogens with one attached hydrogen (secondary N) is 2. The first-order chi connectivity index (χ1) is 17.1. The van der Waals surface area contributed by atoms with Gasteiger partial charge in [0.25, 0.3) is 0 Å². The summed E-state index contributed by atoms with van der Waals surface area (Å²) in [6.45, 7) is 1.40. The van der Waals surface area contributed by atoms with Crippen LogP contribution in [0.15, 0.2) is 48.7 Å². The van der Waals surface area contributed by atoms with Gasteiger partial charge in [-0.3, -0.25) is 9.48 Å². The van der Waals surface area contributed by atoms with Crippen molar-refractivity contribution in [2.45, 2.75) is 57.5 Å². The molecule has 0 bridgehead atoms. The Kier molecular flexibility index (Phi) is 6.88. The average molecular weight is 476 g/mol. The van der Waals surface area contributed by atoms with Crippen LogP contribution in [0.3, 0.4) is 0 Å². The van der Waals surface area contributed by atoms with Crippen molar-refractivity contribution in [3.8, 4) is 0 Å². The molecule has 3 aromatic rings. The van der Waals surface area contributed by atoms with E-state index in [-0.39, 0.29) is 18.6 Å². The lowest BCUT2D eigenvalue weighted by molar-refractivity contribution is -0.137. The number of aryl methyl sites for hydroxylation is 1. The number of carboxylic acid groups (broad SMARTS) is 1. The summed E-state index contributed by atoms with van der Waals surface area (Å²) >= 11 is 0. The standard InChI is InChI=1S/C27H33N5O3/c33-26(34)18-32-25-12-6-10-23(22(25)16-29-32)30-27(35)28-15-21-14-13-20-9-4-5-11-24(20)31(21)17-19-7-2-1-3-8-19/h4-6,9-12,16,19,21H,1-3,7-8,13-15,17-18H2,(H,33,34)(H2,28,30,35). The van der Waals surface area contributed by atoms with E-state index in [9.17, 15) is 9.59 Å². The minimum absolute atomic E-state index is 0.223. The maximum absolute atomic E-state index is 12.9. The van der Waals surface area contributed by atoms with Crippen molar-refractivity contribution >= 4 is 34.3 Å². The van der Waals surface area contributed by atoms with Crippen molar-refractivity contribution < 1.29 is 14.7 Å². The van der Waals surface area contributed by atoms with E-state index in [1.54, 1.807) is 24.4 Å². The zero-order valence-electron chi connectivity index (χ0n) is 19.9. The van der Waals surface area contributed by atoms with E-state index in [0.717, 1.165) is 24.8 Å². The summed E-state index contributed by atoms with van der Waals surface area (Å²) in [7, 11) is 0. The molecule has 3 N–H and O–H groups in total. The maximum Gasteiger partial charge on any atom is 0.325 e. The van der Waals surface area contributed by atoms with E-state index in [1.807, 2.05) is 0 Å². The third-order valence-electron chi connectivity index (χ3n) is 7.39. The second kappa shape index (κ2) is 10.4. The van der Waals surface area contributed by atoms with Gasteiger partial charge in [0.2, 0.25) is 0 Å². The van der Waals surface area contributed by atoms with Crippen LogP contribution in [-0.2, 0) is 17.8 Å². The topological polar surface area (TPSA) is 99.5 Å². The van der Waals surface area contributed by atoms with Gasteiger partial charge in [-0.1, -0.05) is 43.5 Å². The molecule has 1 atom stereocenters. The van der Waals surface area contributed by atoms with Crippen molar-refractivity contribution in [3.63, 3.8) is 0 Å². The molecule has 184 valence electrons. The fourth-order valence-electron chi connectivity index (χ4n) is 5.63. The van der Waals surface area contributed by atoms with E-state index in [4.69, 9.17) is 5.11 Å². The molecule has 2 amide bonds. The second-order valence-electron chi connectivity index (χ2n) is 9.75. The van der Waals surface area contributed by atoms with Crippen molar-refractivity contribution in [1.82, 2.24) is 15.1 Å². The number of hydrogen-bond donors (Lipinski definition) is 3. The van der Waals surface area contributed by atoms with E-state index in [1.165, 1.54) is 48.0 Å². The van der Waals surface area contributed by atoms with Crippen LogP contribution in [0.25, 0.3) is 10.9 Å². The number of carboxylic acids is 1. The SMILES string of the molecule is O=C(O)Cn1ncc2c(NC(=O)NCC3CCc4ccccc4N3CC3CCCCC3)cccc21.